The Hall–Kier alpha value is -2.25. The lowest BCUT2D eigenvalue weighted by Gasteiger charge is -2.03. The van der Waals surface area contributed by atoms with Crippen molar-refractivity contribution in [3.8, 4) is 11.3 Å². The number of rotatable bonds is 7. The first-order chi connectivity index (χ1) is 11.1. The highest BCUT2D eigenvalue weighted by molar-refractivity contribution is 7.20. The number of halogens is 1. The summed E-state index contributed by atoms with van der Waals surface area (Å²) in [5, 5.41) is 8.42. The molecular weight excluding hydrogens is 315 g/mol. The zero-order valence-electron chi connectivity index (χ0n) is 12.8. The Balaban J connectivity index is 1.61. The molecule has 7 heteroatoms. The molecule has 0 spiro atoms. The van der Waals surface area contributed by atoms with E-state index in [1.165, 1.54) is 23.5 Å². The molecule has 0 aliphatic heterocycles. The van der Waals surface area contributed by atoms with Crippen molar-refractivity contribution in [2.75, 3.05) is 25.1 Å². The maximum atomic E-state index is 13.0. The van der Waals surface area contributed by atoms with Gasteiger partial charge in [0.2, 0.25) is 10.1 Å². The SMILES string of the molecule is C=C(C)COCCNc1nn2cc(-c3ccc(F)cc3)nc2s1. The van der Waals surface area contributed by atoms with E-state index in [0.717, 1.165) is 26.9 Å². The number of fused-ring (bicyclic) bond motifs is 1. The molecule has 2 heterocycles. The van der Waals surface area contributed by atoms with E-state index in [2.05, 4.69) is 22.0 Å². The quantitative estimate of drug-likeness (QED) is 0.530. The molecule has 3 aromatic rings. The molecule has 0 bridgehead atoms. The van der Waals surface area contributed by atoms with Gasteiger partial charge in [0, 0.05) is 12.1 Å². The highest BCUT2D eigenvalue weighted by atomic mass is 32.1. The Morgan fingerprint density at radius 3 is 2.87 bits per heavy atom. The first kappa shape index (κ1) is 15.6. The van der Waals surface area contributed by atoms with Gasteiger partial charge in [-0.1, -0.05) is 23.5 Å². The van der Waals surface area contributed by atoms with Crippen LogP contribution in [0.3, 0.4) is 0 Å². The molecule has 1 N–H and O–H groups in total. The Morgan fingerprint density at radius 2 is 2.17 bits per heavy atom. The Labute approximate surface area is 137 Å². The first-order valence-corrected chi connectivity index (χ1v) is 8.01. The second kappa shape index (κ2) is 6.89. The third-order valence-electron chi connectivity index (χ3n) is 3.05. The van der Waals surface area contributed by atoms with Crippen molar-refractivity contribution < 1.29 is 9.13 Å². The molecule has 2 aromatic heterocycles. The van der Waals surface area contributed by atoms with Crippen LogP contribution in [0, 0.1) is 5.82 Å². The van der Waals surface area contributed by atoms with Gasteiger partial charge < -0.3 is 10.1 Å². The van der Waals surface area contributed by atoms with Crippen molar-refractivity contribution >= 4 is 21.4 Å². The summed E-state index contributed by atoms with van der Waals surface area (Å²) >= 11 is 1.46. The zero-order valence-corrected chi connectivity index (χ0v) is 13.6. The third-order valence-corrected chi connectivity index (χ3v) is 3.93. The van der Waals surface area contributed by atoms with Gasteiger partial charge >= 0.3 is 0 Å². The predicted molar refractivity (Wildman–Crippen MR) is 90.4 cm³/mol. The first-order valence-electron chi connectivity index (χ1n) is 7.20. The van der Waals surface area contributed by atoms with Gasteiger partial charge in [0.25, 0.3) is 0 Å². The van der Waals surface area contributed by atoms with Crippen molar-refractivity contribution in [1.29, 1.82) is 0 Å². The molecule has 120 valence electrons. The van der Waals surface area contributed by atoms with Gasteiger partial charge in [-0.15, -0.1) is 5.10 Å². The van der Waals surface area contributed by atoms with Crippen LogP contribution in [0.4, 0.5) is 9.52 Å². The standard InChI is InChI=1S/C16H17FN4OS/c1-11(2)10-22-8-7-18-15-20-21-9-14(19-16(21)23-15)12-3-5-13(17)6-4-12/h3-6,9H,1,7-8,10H2,2H3,(H,18,20). The van der Waals surface area contributed by atoms with E-state index >= 15 is 0 Å². The van der Waals surface area contributed by atoms with Gasteiger partial charge in [0.1, 0.15) is 5.82 Å². The number of nitrogens with zero attached hydrogens (tertiary/aromatic N) is 3. The van der Waals surface area contributed by atoms with E-state index in [0.29, 0.717) is 19.8 Å². The number of hydrogen-bond donors (Lipinski definition) is 1. The maximum absolute atomic E-state index is 13.0. The van der Waals surface area contributed by atoms with Gasteiger partial charge in [-0.3, -0.25) is 0 Å². The fraction of sp³-hybridized carbons (Fsp3) is 0.250. The number of ether oxygens (including phenoxy) is 1. The predicted octanol–water partition coefficient (Wildman–Crippen LogP) is 3.60. The van der Waals surface area contributed by atoms with Gasteiger partial charge in [-0.2, -0.15) is 0 Å². The number of nitrogens with one attached hydrogen (secondary N) is 1. The molecule has 0 saturated carbocycles. The highest BCUT2D eigenvalue weighted by Gasteiger charge is 2.09. The Morgan fingerprint density at radius 1 is 1.39 bits per heavy atom. The normalized spacial score (nSPS) is 11.0. The summed E-state index contributed by atoms with van der Waals surface area (Å²) in [6, 6.07) is 6.27. The highest BCUT2D eigenvalue weighted by Crippen LogP contribution is 2.24. The lowest BCUT2D eigenvalue weighted by molar-refractivity contribution is 0.167. The molecule has 0 fully saturated rings. The minimum absolute atomic E-state index is 0.256. The van der Waals surface area contributed by atoms with Gasteiger partial charge in [0.05, 0.1) is 25.1 Å². The molecule has 0 atom stereocenters. The summed E-state index contributed by atoms with van der Waals surface area (Å²) in [4.78, 5) is 5.30. The van der Waals surface area contributed by atoms with E-state index < -0.39 is 0 Å². The number of imidazole rings is 1. The van der Waals surface area contributed by atoms with Crippen LogP contribution in [0.2, 0.25) is 0 Å². The van der Waals surface area contributed by atoms with Crippen LogP contribution >= 0.6 is 11.3 Å². The molecule has 1 aromatic carbocycles. The second-order valence-corrected chi connectivity index (χ2v) is 6.16. The average molecular weight is 332 g/mol. The monoisotopic (exact) mass is 332 g/mol. The second-order valence-electron chi connectivity index (χ2n) is 5.20. The Kier molecular flexibility index (Phi) is 4.68. The van der Waals surface area contributed by atoms with Crippen LogP contribution < -0.4 is 5.32 Å². The van der Waals surface area contributed by atoms with Crippen LogP contribution in [-0.2, 0) is 4.74 Å². The summed E-state index contributed by atoms with van der Waals surface area (Å²) in [5.41, 5.74) is 2.65. The lowest BCUT2D eigenvalue weighted by atomic mass is 10.2. The maximum Gasteiger partial charge on any atom is 0.214 e. The summed E-state index contributed by atoms with van der Waals surface area (Å²) in [6.07, 6.45) is 1.84. The van der Waals surface area contributed by atoms with Crippen molar-refractivity contribution in [2.45, 2.75) is 6.92 Å². The Bertz CT molecular complexity index is 778. The lowest BCUT2D eigenvalue weighted by Crippen LogP contribution is -2.10. The molecule has 0 unspecified atom stereocenters. The molecule has 5 nitrogen and oxygen atoms in total. The van der Waals surface area contributed by atoms with E-state index in [1.54, 1.807) is 16.6 Å². The number of benzene rings is 1. The van der Waals surface area contributed by atoms with E-state index in [1.807, 2.05) is 13.1 Å². The number of anilines is 1. The molecule has 0 amide bonds. The minimum atomic E-state index is -0.256. The van der Waals surface area contributed by atoms with Crippen molar-refractivity contribution in [2.24, 2.45) is 0 Å². The third kappa shape index (κ3) is 3.94. The molecule has 0 aliphatic rings. The molecular formula is C16H17FN4OS. The van der Waals surface area contributed by atoms with Crippen LogP contribution in [0.15, 0.2) is 42.6 Å². The summed E-state index contributed by atoms with van der Waals surface area (Å²) in [6.45, 7) is 7.56. The van der Waals surface area contributed by atoms with Crippen LogP contribution in [0.5, 0.6) is 0 Å². The fourth-order valence-electron chi connectivity index (χ4n) is 2.01. The van der Waals surface area contributed by atoms with Crippen LogP contribution in [0.1, 0.15) is 6.92 Å². The van der Waals surface area contributed by atoms with Crippen LogP contribution in [0.25, 0.3) is 16.2 Å². The molecule has 0 aliphatic carbocycles. The molecule has 0 saturated heterocycles. The average Bonchev–Trinajstić information content (AvgIpc) is 3.05. The zero-order chi connectivity index (χ0) is 16.2. The van der Waals surface area contributed by atoms with E-state index in [9.17, 15) is 4.39 Å². The molecule has 3 rings (SSSR count). The fourth-order valence-corrected chi connectivity index (χ4v) is 2.81. The van der Waals surface area contributed by atoms with Gasteiger partial charge in [-0.25, -0.2) is 13.9 Å². The topological polar surface area (TPSA) is 51.5 Å². The summed E-state index contributed by atoms with van der Waals surface area (Å²) in [7, 11) is 0. The van der Waals surface area contributed by atoms with Gasteiger partial charge in [0.15, 0.2) is 0 Å². The smallest absolute Gasteiger partial charge is 0.214 e. The van der Waals surface area contributed by atoms with Crippen molar-refractivity contribution in [1.82, 2.24) is 14.6 Å². The molecule has 0 radical (unpaired) electrons. The van der Waals surface area contributed by atoms with E-state index in [4.69, 9.17) is 4.74 Å². The largest absolute Gasteiger partial charge is 0.375 e. The molecule has 23 heavy (non-hydrogen) atoms. The van der Waals surface area contributed by atoms with Crippen molar-refractivity contribution in [3.63, 3.8) is 0 Å². The van der Waals surface area contributed by atoms with Crippen LogP contribution in [-0.4, -0.2) is 34.4 Å². The van der Waals surface area contributed by atoms with Crippen molar-refractivity contribution in [3.05, 3.63) is 48.4 Å². The number of hydrogen-bond acceptors (Lipinski definition) is 5. The van der Waals surface area contributed by atoms with Gasteiger partial charge in [-0.05, 0) is 31.2 Å². The summed E-state index contributed by atoms with van der Waals surface area (Å²) in [5.74, 6) is -0.256. The number of aromatic nitrogens is 3. The van der Waals surface area contributed by atoms with E-state index in [-0.39, 0.29) is 5.82 Å². The summed E-state index contributed by atoms with van der Waals surface area (Å²) < 4.78 is 20.1. The minimum Gasteiger partial charge on any atom is -0.375 e.